The highest BCUT2D eigenvalue weighted by atomic mass is 16.6. The largest absolute Gasteiger partial charge is 0.450 e. The maximum atomic E-state index is 12.3. The van der Waals surface area contributed by atoms with Crippen molar-refractivity contribution in [1.82, 2.24) is 10.2 Å². The molecule has 0 spiro atoms. The molecule has 0 saturated heterocycles. The average molecular weight is 735 g/mol. The lowest BCUT2D eigenvalue weighted by Crippen LogP contribution is -2.37. The summed E-state index contributed by atoms with van der Waals surface area (Å²) in [5, 5.41) is 2.91. The standard InChI is InChI=1S/C46H90N2O4/c1-5-7-9-11-13-15-17-19-21-23-25-27-29-31-33-36-40-50-44-45(43-47-46(49)52-42-38-35-39-48(3)4)51-41-37-34-32-30-28-26-24-22-20-18-16-14-12-10-8-6-2/h19-22,45H,5-18,23-44H2,1-4H3,(H,47,49). The lowest BCUT2D eigenvalue weighted by Gasteiger charge is -2.19. The summed E-state index contributed by atoms with van der Waals surface area (Å²) in [7, 11) is 4.12. The molecule has 6 heteroatoms. The molecule has 6 nitrogen and oxygen atoms in total. The molecule has 0 bridgehead atoms. The van der Waals surface area contributed by atoms with Gasteiger partial charge in [0, 0.05) is 19.8 Å². The van der Waals surface area contributed by atoms with Gasteiger partial charge in [-0.05, 0) is 97.7 Å². The molecule has 0 saturated carbocycles. The number of nitrogens with zero attached hydrogens (tertiary/aromatic N) is 1. The number of alkyl carbamates (subject to hydrolysis) is 1. The summed E-state index contributed by atoms with van der Waals surface area (Å²) >= 11 is 0. The number of hydrogen-bond acceptors (Lipinski definition) is 5. The molecule has 0 aromatic carbocycles. The molecule has 0 aromatic rings. The van der Waals surface area contributed by atoms with Crippen molar-refractivity contribution >= 4 is 6.09 Å². The number of carbonyl (C=O) groups is 1. The fourth-order valence-corrected chi connectivity index (χ4v) is 6.38. The maximum Gasteiger partial charge on any atom is 0.407 e. The van der Waals surface area contributed by atoms with E-state index in [1.54, 1.807) is 0 Å². The number of amides is 1. The van der Waals surface area contributed by atoms with Crippen molar-refractivity contribution in [3.8, 4) is 0 Å². The number of carbonyl (C=O) groups excluding carboxylic acids is 1. The van der Waals surface area contributed by atoms with Gasteiger partial charge in [-0.2, -0.15) is 0 Å². The lowest BCUT2D eigenvalue weighted by molar-refractivity contribution is -0.0175. The summed E-state index contributed by atoms with van der Waals surface area (Å²) in [4.78, 5) is 14.4. The number of nitrogens with one attached hydrogen (secondary N) is 1. The second-order valence-corrected chi connectivity index (χ2v) is 15.5. The molecule has 0 aromatic heterocycles. The Labute approximate surface area is 325 Å². The van der Waals surface area contributed by atoms with Crippen molar-refractivity contribution in [2.45, 2.75) is 213 Å². The molecular formula is C46H90N2O4. The van der Waals surface area contributed by atoms with E-state index in [-0.39, 0.29) is 12.2 Å². The number of allylic oxidation sites excluding steroid dienone is 4. The van der Waals surface area contributed by atoms with Crippen LogP contribution in [0.25, 0.3) is 0 Å². The summed E-state index contributed by atoms with van der Waals surface area (Å²) in [5.41, 5.74) is 0. The molecule has 1 unspecified atom stereocenters. The third kappa shape index (κ3) is 43.0. The molecular weight excluding hydrogens is 645 g/mol. The van der Waals surface area contributed by atoms with E-state index < -0.39 is 0 Å². The molecule has 1 amide bonds. The van der Waals surface area contributed by atoms with E-state index in [0.717, 1.165) is 38.8 Å². The second-order valence-electron chi connectivity index (χ2n) is 15.5. The quantitative estimate of drug-likeness (QED) is 0.0500. The minimum atomic E-state index is -0.357. The lowest BCUT2D eigenvalue weighted by atomic mass is 10.1. The van der Waals surface area contributed by atoms with Crippen LogP contribution < -0.4 is 5.32 Å². The van der Waals surface area contributed by atoms with Gasteiger partial charge in [-0.15, -0.1) is 0 Å². The van der Waals surface area contributed by atoms with Crippen LogP contribution in [0.4, 0.5) is 4.79 Å². The van der Waals surface area contributed by atoms with Gasteiger partial charge in [-0.3, -0.25) is 0 Å². The van der Waals surface area contributed by atoms with Crippen molar-refractivity contribution in [2.24, 2.45) is 0 Å². The number of ether oxygens (including phenoxy) is 3. The van der Waals surface area contributed by atoms with Crippen LogP contribution in [0, 0.1) is 0 Å². The van der Waals surface area contributed by atoms with Crippen molar-refractivity contribution < 1.29 is 19.0 Å². The van der Waals surface area contributed by atoms with Crippen LogP contribution in [-0.4, -0.2) is 70.7 Å². The molecule has 52 heavy (non-hydrogen) atoms. The van der Waals surface area contributed by atoms with E-state index in [2.05, 4.69) is 62.5 Å². The Bertz CT molecular complexity index is 757. The highest BCUT2D eigenvalue weighted by molar-refractivity contribution is 5.67. The normalized spacial score (nSPS) is 12.5. The highest BCUT2D eigenvalue weighted by Crippen LogP contribution is 2.12. The monoisotopic (exact) mass is 735 g/mol. The molecule has 1 N–H and O–H groups in total. The first-order valence-electron chi connectivity index (χ1n) is 22.6. The van der Waals surface area contributed by atoms with Gasteiger partial charge in [-0.1, -0.05) is 154 Å². The van der Waals surface area contributed by atoms with E-state index in [1.165, 1.54) is 167 Å². The van der Waals surface area contributed by atoms with E-state index in [4.69, 9.17) is 14.2 Å². The Kier molecular flexibility index (Phi) is 42.9. The van der Waals surface area contributed by atoms with Crippen molar-refractivity contribution in [1.29, 1.82) is 0 Å². The average Bonchev–Trinajstić information content (AvgIpc) is 3.13. The Morgan fingerprint density at radius 2 is 0.923 bits per heavy atom. The summed E-state index contributed by atoms with van der Waals surface area (Å²) < 4.78 is 17.6. The van der Waals surface area contributed by atoms with E-state index in [9.17, 15) is 4.79 Å². The van der Waals surface area contributed by atoms with Crippen molar-refractivity contribution in [2.75, 3.05) is 53.6 Å². The van der Waals surface area contributed by atoms with Gasteiger partial charge in [0.05, 0.1) is 19.3 Å². The first kappa shape index (κ1) is 50.6. The molecule has 0 rings (SSSR count). The number of rotatable bonds is 42. The van der Waals surface area contributed by atoms with Crippen LogP contribution in [0.2, 0.25) is 0 Å². The van der Waals surface area contributed by atoms with E-state index >= 15 is 0 Å². The summed E-state index contributed by atoms with van der Waals surface area (Å²) in [6, 6.07) is 0. The number of hydrogen-bond donors (Lipinski definition) is 1. The fraction of sp³-hybridized carbons (Fsp3) is 0.891. The highest BCUT2D eigenvalue weighted by Gasteiger charge is 2.12. The molecule has 1 atom stereocenters. The number of unbranched alkanes of at least 4 members (excludes halogenated alkanes) is 25. The molecule has 0 aliphatic carbocycles. The minimum Gasteiger partial charge on any atom is -0.450 e. The first-order valence-corrected chi connectivity index (χ1v) is 22.6. The van der Waals surface area contributed by atoms with Crippen molar-refractivity contribution in [3.63, 3.8) is 0 Å². The van der Waals surface area contributed by atoms with E-state index in [1.807, 2.05) is 0 Å². The molecule has 0 aliphatic heterocycles. The third-order valence-electron chi connectivity index (χ3n) is 9.82. The van der Waals surface area contributed by atoms with Gasteiger partial charge in [0.1, 0.15) is 0 Å². The first-order chi connectivity index (χ1) is 25.6. The van der Waals surface area contributed by atoms with Gasteiger partial charge in [0.15, 0.2) is 0 Å². The topological polar surface area (TPSA) is 60.0 Å². The van der Waals surface area contributed by atoms with Crippen LogP contribution in [0.1, 0.15) is 206 Å². The zero-order valence-electron chi connectivity index (χ0n) is 35.4. The molecule has 0 aliphatic rings. The zero-order chi connectivity index (χ0) is 37.8. The molecule has 0 fully saturated rings. The van der Waals surface area contributed by atoms with Gasteiger partial charge < -0.3 is 24.4 Å². The van der Waals surface area contributed by atoms with Gasteiger partial charge in [0.2, 0.25) is 0 Å². The van der Waals surface area contributed by atoms with Crippen LogP contribution in [0.5, 0.6) is 0 Å². The Hall–Kier alpha value is -1.37. The van der Waals surface area contributed by atoms with Gasteiger partial charge in [0.25, 0.3) is 0 Å². The maximum absolute atomic E-state index is 12.3. The zero-order valence-corrected chi connectivity index (χ0v) is 35.4. The smallest absolute Gasteiger partial charge is 0.407 e. The van der Waals surface area contributed by atoms with Crippen LogP contribution in [-0.2, 0) is 14.2 Å². The summed E-state index contributed by atoms with van der Waals surface area (Å²) in [5.74, 6) is 0. The van der Waals surface area contributed by atoms with Crippen LogP contribution in [0.3, 0.4) is 0 Å². The molecule has 0 heterocycles. The second kappa shape index (κ2) is 44.0. The Morgan fingerprint density at radius 1 is 0.519 bits per heavy atom. The fourth-order valence-electron chi connectivity index (χ4n) is 6.38. The minimum absolute atomic E-state index is 0.140. The third-order valence-corrected chi connectivity index (χ3v) is 9.82. The summed E-state index contributed by atoms with van der Waals surface area (Å²) in [6.07, 6.45) is 47.5. The van der Waals surface area contributed by atoms with Crippen LogP contribution >= 0.6 is 0 Å². The summed E-state index contributed by atoms with van der Waals surface area (Å²) in [6.45, 7) is 8.43. The van der Waals surface area contributed by atoms with Crippen molar-refractivity contribution in [3.05, 3.63) is 24.3 Å². The predicted molar refractivity (Wildman–Crippen MR) is 227 cm³/mol. The predicted octanol–water partition coefficient (Wildman–Crippen LogP) is 13.5. The van der Waals surface area contributed by atoms with E-state index in [0.29, 0.717) is 26.4 Å². The van der Waals surface area contributed by atoms with Gasteiger partial charge >= 0.3 is 6.09 Å². The Balaban J connectivity index is 4.02. The molecule has 308 valence electrons. The SMILES string of the molecule is CCCCCCCCC=CCCCCCCCCOCC(CNC(=O)OCCCCN(C)C)OCCCCCCCCC=CCCCCCCCC. The Morgan fingerprint density at radius 3 is 1.38 bits per heavy atom. The van der Waals surface area contributed by atoms with Gasteiger partial charge in [-0.25, -0.2) is 4.79 Å². The van der Waals surface area contributed by atoms with Crippen LogP contribution in [0.15, 0.2) is 24.3 Å². The molecule has 0 radical (unpaired) electrons.